The zero-order valence-corrected chi connectivity index (χ0v) is 17.1. The summed E-state index contributed by atoms with van der Waals surface area (Å²) in [5, 5.41) is 16.6. The van der Waals surface area contributed by atoms with Crippen LogP contribution in [0.5, 0.6) is 5.75 Å². The first-order valence-electron chi connectivity index (χ1n) is 10.5. The Labute approximate surface area is 182 Å². The average Bonchev–Trinajstić information content (AvgIpc) is 3.44. The molecular weight excluding hydrogens is 414 g/mol. The molecule has 2 aromatic rings. The van der Waals surface area contributed by atoms with Crippen LogP contribution >= 0.6 is 0 Å². The van der Waals surface area contributed by atoms with E-state index in [0.717, 1.165) is 11.4 Å². The summed E-state index contributed by atoms with van der Waals surface area (Å²) in [6.07, 6.45) is 6.63. The second-order valence-corrected chi connectivity index (χ2v) is 8.73. The number of amides is 2. The van der Waals surface area contributed by atoms with Gasteiger partial charge in [0.1, 0.15) is 17.3 Å². The number of ether oxygens (including phenoxy) is 1. The molecule has 9 nitrogen and oxygen atoms in total. The maximum atomic E-state index is 13.0. The van der Waals surface area contributed by atoms with Crippen molar-refractivity contribution in [3.63, 3.8) is 0 Å². The molecule has 0 unspecified atom stereocenters. The Morgan fingerprint density at radius 2 is 1.81 bits per heavy atom. The third kappa shape index (κ3) is 2.60. The molecule has 2 bridgehead atoms. The maximum Gasteiger partial charge on any atom is 0.284 e. The fourth-order valence-electron chi connectivity index (χ4n) is 5.73. The summed E-state index contributed by atoms with van der Waals surface area (Å²) in [5.41, 5.74) is 0.134. The molecule has 3 fully saturated rings. The highest BCUT2D eigenvalue weighted by Crippen LogP contribution is 2.65. The highest BCUT2D eigenvalue weighted by molar-refractivity contribution is 6.06. The van der Waals surface area contributed by atoms with Gasteiger partial charge in [0.2, 0.25) is 0 Å². The number of carbonyl (C=O) groups excluding carboxylic acids is 2. The first-order chi connectivity index (χ1) is 15.5. The molecule has 2 saturated carbocycles. The van der Waals surface area contributed by atoms with Gasteiger partial charge >= 0.3 is 0 Å². The van der Waals surface area contributed by atoms with Crippen LogP contribution in [0, 0.1) is 45.6 Å². The molecule has 2 heterocycles. The highest BCUT2D eigenvalue weighted by atomic mass is 16.6. The second-order valence-electron chi connectivity index (χ2n) is 8.73. The largest absolute Gasteiger partial charge is 0.497 e. The van der Waals surface area contributed by atoms with Gasteiger partial charge in [-0.25, -0.2) is 0 Å². The molecule has 7 rings (SSSR count). The molecule has 6 atom stereocenters. The van der Waals surface area contributed by atoms with Crippen molar-refractivity contribution in [1.82, 2.24) is 5.01 Å². The second kappa shape index (κ2) is 6.62. The molecule has 1 saturated heterocycles. The molecule has 162 valence electrons. The summed E-state index contributed by atoms with van der Waals surface area (Å²) in [5.74, 6) is 1.12. The van der Waals surface area contributed by atoms with Gasteiger partial charge in [0, 0.05) is 0 Å². The van der Waals surface area contributed by atoms with Crippen LogP contribution in [-0.2, 0) is 9.59 Å². The van der Waals surface area contributed by atoms with Gasteiger partial charge in [-0.05, 0) is 54.4 Å². The summed E-state index contributed by atoms with van der Waals surface area (Å²) < 4.78 is 10.8. The molecular formula is C23H19N3O6. The van der Waals surface area contributed by atoms with Crippen LogP contribution in [0.3, 0.4) is 0 Å². The summed E-state index contributed by atoms with van der Waals surface area (Å²) in [4.78, 5) is 36.9. The quantitative estimate of drug-likeness (QED) is 0.235. The number of hydrogen-bond donors (Lipinski definition) is 0. The Morgan fingerprint density at radius 1 is 1.12 bits per heavy atom. The molecule has 9 heteroatoms. The minimum Gasteiger partial charge on any atom is -0.497 e. The van der Waals surface area contributed by atoms with E-state index in [1.54, 1.807) is 24.3 Å². The van der Waals surface area contributed by atoms with Crippen LogP contribution in [0.4, 0.5) is 5.69 Å². The van der Waals surface area contributed by atoms with E-state index in [9.17, 15) is 19.7 Å². The first-order valence-corrected chi connectivity index (χ1v) is 10.5. The van der Waals surface area contributed by atoms with Crippen molar-refractivity contribution in [2.24, 2.45) is 40.6 Å². The van der Waals surface area contributed by atoms with Crippen LogP contribution in [-0.4, -0.2) is 35.1 Å². The van der Waals surface area contributed by atoms with Gasteiger partial charge in [0.05, 0.1) is 41.7 Å². The Morgan fingerprint density at radius 3 is 2.44 bits per heavy atom. The van der Waals surface area contributed by atoms with E-state index in [0.29, 0.717) is 17.6 Å². The molecule has 0 spiro atoms. The SMILES string of the molecule is COc1ccc(-c2ccc(/C=N/N3C(=O)[C@H]4[C@@H]5C=C[C@H]([C@H]6C[C@H]56)[C@@H]4C3=O)o2)c([N+](=O)[O-])c1. The Hall–Kier alpha value is -3.75. The lowest BCUT2D eigenvalue weighted by Gasteiger charge is -2.37. The highest BCUT2D eigenvalue weighted by Gasteiger charge is 2.67. The zero-order valence-electron chi connectivity index (χ0n) is 17.1. The standard InChI is InChI=1S/C23H19N3O6/c1-31-11-2-4-15(18(8-11)26(29)30)19-7-3-12(32-19)10-24-25-22(27)20-13-5-6-14(17-9-16(13)17)21(20)23(25)28/h2-8,10,13-14,16-17,20-21H,9H2,1H3/b24-10+/t13-,14-,16-,17-,20+,21+/m1/s1. The molecule has 2 amide bonds. The third-order valence-corrected chi connectivity index (χ3v) is 7.23. The van der Waals surface area contributed by atoms with Crippen molar-refractivity contribution in [3.05, 3.63) is 58.4 Å². The number of benzene rings is 1. The summed E-state index contributed by atoms with van der Waals surface area (Å²) >= 11 is 0. The van der Waals surface area contributed by atoms with Gasteiger partial charge < -0.3 is 9.15 Å². The van der Waals surface area contributed by atoms with E-state index < -0.39 is 4.92 Å². The lowest BCUT2D eigenvalue weighted by Crippen LogP contribution is -2.40. The number of methoxy groups -OCH3 is 1. The number of imide groups is 1. The summed E-state index contributed by atoms with van der Waals surface area (Å²) in [7, 11) is 1.43. The van der Waals surface area contributed by atoms with Crippen LogP contribution in [0.2, 0.25) is 0 Å². The summed E-state index contributed by atoms with van der Waals surface area (Å²) in [6, 6.07) is 7.65. The lowest BCUT2D eigenvalue weighted by atomic mass is 9.63. The molecule has 1 aromatic heterocycles. The van der Waals surface area contributed by atoms with Gasteiger partial charge in [-0.15, -0.1) is 0 Å². The van der Waals surface area contributed by atoms with Gasteiger partial charge in [-0.3, -0.25) is 19.7 Å². The normalized spacial score (nSPS) is 31.8. The monoisotopic (exact) mass is 433 g/mol. The predicted molar refractivity (Wildman–Crippen MR) is 111 cm³/mol. The van der Waals surface area contributed by atoms with Crippen LogP contribution in [0.15, 0.2) is 52.0 Å². The number of allylic oxidation sites excluding steroid dienone is 2. The summed E-state index contributed by atoms with van der Waals surface area (Å²) in [6.45, 7) is 0. The number of furan rings is 1. The molecule has 4 aliphatic carbocycles. The van der Waals surface area contributed by atoms with E-state index in [2.05, 4.69) is 17.3 Å². The minimum absolute atomic E-state index is 0.137. The van der Waals surface area contributed by atoms with Crippen LogP contribution in [0.1, 0.15) is 12.2 Å². The Bertz CT molecular complexity index is 1190. The number of hydrazone groups is 1. The van der Waals surface area contributed by atoms with Crippen molar-refractivity contribution in [2.75, 3.05) is 7.11 Å². The topological polar surface area (TPSA) is 115 Å². The first kappa shape index (κ1) is 19.0. The minimum atomic E-state index is -0.510. The maximum absolute atomic E-state index is 13.0. The smallest absolute Gasteiger partial charge is 0.284 e. The number of hydrogen-bond acceptors (Lipinski definition) is 7. The fourth-order valence-corrected chi connectivity index (χ4v) is 5.73. The third-order valence-electron chi connectivity index (χ3n) is 7.23. The zero-order chi connectivity index (χ0) is 22.1. The number of carbonyl (C=O) groups is 2. The van der Waals surface area contributed by atoms with E-state index >= 15 is 0 Å². The van der Waals surface area contributed by atoms with Crippen molar-refractivity contribution in [2.45, 2.75) is 6.42 Å². The number of nitro benzene ring substituents is 1. The lowest BCUT2D eigenvalue weighted by molar-refractivity contribution is -0.384. The van der Waals surface area contributed by atoms with Gasteiger partial charge in [-0.1, -0.05) is 12.2 Å². The van der Waals surface area contributed by atoms with Crippen molar-refractivity contribution in [3.8, 4) is 17.1 Å². The predicted octanol–water partition coefficient (Wildman–Crippen LogP) is 3.25. The fraction of sp³-hybridized carbons (Fsp3) is 0.348. The average molecular weight is 433 g/mol. The van der Waals surface area contributed by atoms with Crippen molar-refractivity contribution < 1.29 is 23.7 Å². The molecule has 1 aliphatic heterocycles. The molecule has 5 aliphatic rings. The van der Waals surface area contributed by atoms with Crippen molar-refractivity contribution >= 4 is 23.7 Å². The van der Waals surface area contributed by atoms with Gasteiger partial charge in [0.25, 0.3) is 17.5 Å². The van der Waals surface area contributed by atoms with Gasteiger partial charge in [0.15, 0.2) is 0 Å². The van der Waals surface area contributed by atoms with E-state index in [1.165, 1.54) is 19.4 Å². The number of nitro groups is 1. The van der Waals surface area contributed by atoms with E-state index in [1.807, 2.05) is 0 Å². The van der Waals surface area contributed by atoms with Crippen LogP contribution < -0.4 is 4.74 Å². The van der Waals surface area contributed by atoms with Crippen molar-refractivity contribution in [1.29, 1.82) is 0 Å². The molecule has 32 heavy (non-hydrogen) atoms. The van der Waals surface area contributed by atoms with Crippen LogP contribution in [0.25, 0.3) is 11.3 Å². The molecule has 0 radical (unpaired) electrons. The number of rotatable bonds is 5. The van der Waals surface area contributed by atoms with E-state index in [4.69, 9.17) is 9.15 Å². The number of nitrogens with zero attached hydrogens (tertiary/aromatic N) is 3. The molecule has 1 aromatic carbocycles. The van der Waals surface area contributed by atoms with E-state index in [-0.39, 0.29) is 58.3 Å². The Kier molecular flexibility index (Phi) is 3.93. The Balaban J connectivity index is 1.25. The van der Waals surface area contributed by atoms with Gasteiger partial charge in [-0.2, -0.15) is 10.1 Å². The molecule has 0 N–H and O–H groups in total.